The molecule has 0 saturated carbocycles. The molecule has 0 aliphatic rings. The van der Waals surface area contributed by atoms with E-state index in [4.69, 9.17) is 4.74 Å². The summed E-state index contributed by atoms with van der Waals surface area (Å²) < 4.78 is 43.6. The summed E-state index contributed by atoms with van der Waals surface area (Å²) in [5.74, 6) is -0.519. The molecule has 2 rings (SSSR count). The first kappa shape index (κ1) is 17.9. The first-order valence-corrected chi connectivity index (χ1v) is 8.95. The maximum Gasteiger partial charge on any atom is 0.407 e. The van der Waals surface area contributed by atoms with Gasteiger partial charge in [-0.3, -0.25) is 0 Å². The highest BCUT2D eigenvalue weighted by Crippen LogP contribution is 2.28. The van der Waals surface area contributed by atoms with Gasteiger partial charge < -0.3 is 10.1 Å². The zero-order valence-corrected chi connectivity index (χ0v) is 13.9. The highest BCUT2D eigenvalue weighted by atomic mass is 32.2. The lowest BCUT2D eigenvalue weighted by molar-refractivity contribution is 0.152. The van der Waals surface area contributed by atoms with Crippen LogP contribution in [-0.4, -0.2) is 27.7 Å². The molecule has 1 N–H and O–H groups in total. The monoisotopic (exact) mass is 351 g/mol. The second-order valence-corrected chi connectivity index (χ2v) is 7.13. The molecule has 1 amide bonds. The van der Waals surface area contributed by atoms with Crippen LogP contribution in [0.3, 0.4) is 0 Å². The molecule has 0 aliphatic carbocycles. The van der Waals surface area contributed by atoms with E-state index in [0.29, 0.717) is 5.56 Å². The van der Waals surface area contributed by atoms with Crippen LogP contribution in [0.2, 0.25) is 0 Å². The first-order chi connectivity index (χ1) is 11.4. The smallest absolute Gasteiger partial charge is 0.407 e. The summed E-state index contributed by atoms with van der Waals surface area (Å²) in [6, 6.07) is 13.1. The zero-order valence-electron chi connectivity index (χ0n) is 13.1. The number of nitrogens with one attached hydrogen (secondary N) is 1. The second-order valence-electron chi connectivity index (χ2n) is 5.00. The van der Waals surface area contributed by atoms with Crippen molar-refractivity contribution >= 4 is 15.9 Å². The molecule has 0 aromatic heterocycles. The molecule has 128 valence electrons. The van der Waals surface area contributed by atoms with E-state index in [9.17, 15) is 17.6 Å². The molecule has 7 heteroatoms. The number of hydrogen-bond acceptors (Lipinski definition) is 4. The molecule has 0 heterocycles. The fraction of sp³-hybridized carbons (Fsp3) is 0.235. The van der Waals surface area contributed by atoms with Crippen LogP contribution < -0.4 is 5.32 Å². The number of hydrogen-bond donors (Lipinski definition) is 1. The van der Waals surface area contributed by atoms with Crippen molar-refractivity contribution in [3.05, 3.63) is 66.0 Å². The summed E-state index contributed by atoms with van der Waals surface area (Å²) >= 11 is 0. The number of rotatable bonds is 6. The molecule has 2 aromatic carbocycles. The lowest BCUT2D eigenvalue weighted by Crippen LogP contribution is -2.32. The van der Waals surface area contributed by atoms with Crippen molar-refractivity contribution < 1.29 is 22.3 Å². The molecule has 0 bridgehead atoms. The van der Waals surface area contributed by atoms with Crippen LogP contribution in [0.25, 0.3) is 0 Å². The van der Waals surface area contributed by atoms with Gasteiger partial charge in [-0.25, -0.2) is 17.6 Å². The van der Waals surface area contributed by atoms with E-state index in [0.717, 1.165) is 12.1 Å². The zero-order chi connectivity index (χ0) is 17.6. The van der Waals surface area contributed by atoms with Crippen molar-refractivity contribution in [1.82, 2.24) is 5.32 Å². The van der Waals surface area contributed by atoms with Gasteiger partial charge in [-0.1, -0.05) is 30.3 Å². The van der Waals surface area contributed by atoms with Gasteiger partial charge in [0, 0.05) is 6.54 Å². The molecule has 24 heavy (non-hydrogen) atoms. The van der Waals surface area contributed by atoms with Gasteiger partial charge in [-0.2, -0.15) is 0 Å². The summed E-state index contributed by atoms with van der Waals surface area (Å²) in [4.78, 5) is 11.5. The van der Waals surface area contributed by atoms with Crippen molar-refractivity contribution in [3.8, 4) is 0 Å². The first-order valence-electron chi connectivity index (χ1n) is 7.40. The van der Waals surface area contributed by atoms with Crippen molar-refractivity contribution in [2.75, 3.05) is 13.2 Å². The van der Waals surface area contributed by atoms with Crippen LogP contribution in [0.4, 0.5) is 9.18 Å². The Labute approximate surface area is 140 Å². The quantitative estimate of drug-likeness (QED) is 0.812. The van der Waals surface area contributed by atoms with Crippen LogP contribution in [0, 0.1) is 5.82 Å². The standard InChI is InChI=1S/C17H18FNO4S/c1-2-23-17(20)19-12-16(13-6-4-3-5-7-13)24(21,22)15-10-8-14(18)9-11-15/h3-11,16H,2,12H2,1H3,(H,19,20). The summed E-state index contributed by atoms with van der Waals surface area (Å²) in [5, 5.41) is 1.45. The van der Waals surface area contributed by atoms with E-state index >= 15 is 0 Å². The Morgan fingerprint density at radius 3 is 2.33 bits per heavy atom. The lowest BCUT2D eigenvalue weighted by Gasteiger charge is -2.19. The third-order valence-corrected chi connectivity index (χ3v) is 5.51. The van der Waals surface area contributed by atoms with Gasteiger partial charge in [0.2, 0.25) is 0 Å². The summed E-state index contributed by atoms with van der Waals surface area (Å²) in [6.07, 6.45) is -0.687. The number of carbonyl (C=O) groups is 1. The van der Waals surface area contributed by atoms with Crippen LogP contribution in [-0.2, 0) is 14.6 Å². The van der Waals surface area contributed by atoms with E-state index in [2.05, 4.69) is 5.32 Å². The summed E-state index contributed by atoms with van der Waals surface area (Å²) in [7, 11) is -3.82. The van der Waals surface area contributed by atoms with E-state index in [1.54, 1.807) is 37.3 Å². The summed E-state index contributed by atoms with van der Waals surface area (Å²) in [5.41, 5.74) is 0.527. The van der Waals surface area contributed by atoms with Crippen molar-refractivity contribution in [3.63, 3.8) is 0 Å². The highest BCUT2D eigenvalue weighted by molar-refractivity contribution is 7.91. The molecule has 2 aromatic rings. The van der Waals surface area contributed by atoms with E-state index in [1.807, 2.05) is 0 Å². The average Bonchev–Trinajstić information content (AvgIpc) is 2.56. The molecule has 0 saturated heterocycles. The topological polar surface area (TPSA) is 72.5 Å². The normalized spacial score (nSPS) is 12.4. The Kier molecular flexibility index (Phi) is 5.92. The van der Waals surface area contributed by atoms with E-state index in [1.165, 1.54) is 12.1 Å². The van der Waals surface area contributed by atoms with Gasteiger partial charge in [0.25, 0.3) is 0 Å². The Hall–Kier alpha value is -2.41. The van der Waals surface area contributed by atoms with Crippen molar-refractivity contribution in [2.24, 2.45) is 0 Å². The maximum absolute atomic E-state index is 13.1. The minimum Gasteiger partial charge on any atom is -0.450 e. The fourth-order valence-corrected chi connectivity index (χ4v) is 3.88. The summed E-state index contributed by atoms with van der Waals surface area (Å²) in [6.45, 7) is 1.69. The Balaban J connectivity index is 2.34. The van der Waals surface area contributed by atoms with Gasteiger partial charge in [0.15, 0.2) is 9.84 Å². The van der Waals surface area contributed by atoms with Gasteiger partial charge in [-0.15, -0.1) is 0 Å². The largest absolute Gasteiger partial charge is 0.450 e. The number of amides is 1. The number of alkyl carbamates (subject to hydrolysis) is 1. The predicted octanol–water partition coefficient (Wildman–Crippen LogP) is 3.09. The number of benzene rings is 2. The maximum atomic E-state index is 13.1. The van der Waals surface area contributed by atoms with Gasteiger partial charge in [-0.05, 0) is 36.8 Å². The molecule has 0 spiro atoms. The SMILES string of the molecule is CCOC(=O)NCC(c1ccccc1)S(=O)(=O)c1ccc(F)cc1. The molecule has 1 unspecified atom stereocenters. The van der Waals surface area contributed by atoms with Crippen LogP contribution in [0.15, 0.2) is 59.5 Å². The minimum atomic E-state index is -3.82. The molecule has 1 atom stereocenters. The van der Waals surface area contributed by atoms with Crippen molar-refractivity contribution in [2.45, 2.75) is 17.1 Å². The molecule has 0 radical (unpaired) electrons. The Morgan fingerprint density at radius 1 is 1.12 bits per heavy atom. The third-order valence-electron chi connectivity index (χ3n) is 3.40. The molecule has 0 aliphatic heterocycles. The molecule has 0 fully saturated rings. The minimum absolute atomic E-state index is 0.0107. The number of halogens is 1. The number of sulfone groups is 1. The lowest BCUT2D eigenvalue weighted by atomic mass is 10.1. The third kappa shape index (κ3) is 4.32. The molecular formula is C17H18FNO4S. The molecule has 5 nitrogen and oxygen atoms in total. The van der Waals surface area contributed by atoms with Gasteiger partial charge in [0.1, 0.15) is 11.1 Å². The second kappa shape index (κ2) is 7.92. The van der Waals surface area contributed by atoms with E-state index < -0.39 is 27.0 Å². The molecular weight excluding hydrogens is 333 g/mol. The van der Waals surface area contributed by atoms with Crippen LogP contribution in [0.1, 0.15) is 17.7 Å². The van der Waals surface area contributed by atoms with E-state index in [-0.39, 0.29) is 18.0 Å². The average molecular weight is 351 g/mol. The predicted molar refractivity (Wildman–Crippen MR) is 87.8 cm³/mol. The number of ether oxygens (including phenoxy) is 1. The van der Waals surface area contributed by atoms with Crippen LogP contribution >= 0.6 is 0 Å². The van der Waals surface area contributed by atoms with Crippen molar-refractivity contribution in [1.29, 1.82) is 0 Å². The number of carbonyl (C=O) groups excluding carboxylic acids is 1. The highest BCUT2D eigenvalue weighted by Gasteiger charge is 2.29. The van der Waals surface area contributed by atoms with Gasteiger partial charge >= 0.3 is 6.09 Å². The van der Waals surface area contributed by atoms with Gasteiger partial charge in [0.05, 0.1) is 11.5 Å². The Bertz CT molecular complexity index is 776. The fourth-order valence-electron chi connectivity index (χ4n) is 2.22. The van der Waals surface area contributed by atoms with Crippen LogP contribution in [0.5, 0.6) is 0 Å². The Morgan fingerprint density at radius 2 is 1.75 bits per heavy atom.